The summed E-state index contributed by atoms with van der Waals surface area (Å²) in [5, 5.41) is 0.685. The Morgan fingerprint density at radius 1 is 1.00 bits per heavy atom. The molecular weight excluding hydrogens is 432 g/mol. The van der Waals surface area contributed by atoms with Gasteiger partial charge in [-0.15, -0.1) is 0 Å². The van der Waals surface area contributed by atoms with Crippen molar-refractivity contribution in [3.05, 3.63) is 39.4 Å². The number of carbonyl (C=O) groups is 1. The van der Waals surface area contributed by atoms with E-state index in [9.17, 15) is 9.59 Å². The molecule has 7 heteroatoms. The maximum Gasteiger partial charge on any atom is 0.262 e. The van der Waals surface area contributed by atoms with Crippen LogP contribution < -0.4 is 10.5 Å². The minimum absolute atomic E-state index is 0.00844. The molecule has 2 aromatic rings. The second-order valence-electron chi connectivity index (χ2n) is 10.4. The quantitative estimate of drug-likeness (QED) is 0.677. The second-order valence-corrected chi connectivity index (χ2v) is 10.8. The van der Waals surface area contributed by atoms with Crippen molar-refractivity contribution in [2.24, 2.45) is 11.8 Å². The molecule has 3 fully saturated rings. The monoisotopic (exact) mass is 469 g/mol. The Kier molecular flexibility index (Phi) is 6.97. The van der Waals surface area contributed by atoms with E-state index in [2.05, 4.69) is 9.88 Å². The number of nitrogens with one attached hydrogen (secondary N) is 2. The Labute approximate surface area is 201 Å². The van der Waals surface area contributed by atoms with Crippen molar-refractivity contribution in [3.8, 4) is 0 Å². The third-order valence-corrected chi connectivity index (χ3v) is 8.75. The van der Waals surface area contributed by atoms with Gasteiger partial charge in [-0.25, -0.2) is 0 Å². The van der Waals surface area contributed by atoms with Crippen molar-refractivity contribution in [2.45, 2.75) is 70.4 Å². The first-order chi connectivity index (χ1) is 16.1. The lowest BCUT2D eigenvalue weighted by Gasteiger charge is -2.39. The van der Waals surface area contributed by atoms with Crippen molar-refractivity contribution < 1.29 is 9.69 Å². The number of aromatic nitrogens is 2. The molecule has 0 atom stereocenters. The minimum Gasteiger partial charge on any atom is -0.332 e. The highest BCUT2D eigenvalue weighted by Crippen LogP contribution is 2.31. The molecule has 6 nitrogen and oxygen atoms in total. The molecule has 2 aliphatic carbocycles. The Hall–Kier alpha value is -1.99. The zero-order valence-corrected chi connectivity index (χ0v) is 20.4. The topological polar surface area (TPSA) is 62.5 Å². The third kappa shape index (κ3) is 4.94. The predicted molar refractivity (Wildman–Crippen MR) is 133 cm³/mol. The average Bonchev–Trinajstić information content (AvgIpc) is 2.87. The van der Waals surface area contributed by atoms with Gasteiger partial charge < -0.3 is 14.8 Å². The van der Waals surface area contributed by atoms with Crippen LogP contribution in [0.15, 0.2) is 29.1 Å². The highest BCUT2D eigenvalue weighted by atomic mass is 32.1. The fourth-order valence-corrected chi connectivity index (χ4v) is 6.67. The molecule has 1 amide bonds. The summed E-state index contributed by atoms with van der Waals surface area (Å²) < 4.78 is 2.22. The fourth-order valence-electron chi connectivity index (χ4n) is 6.41. The number of para-hydroxylation sites is 1. The van der Waals surface area contributed by atoms with E-state index in [1.54, 1.807) is 9.47 Å². The summed E-state index contributed by atoms with van der Waals surface area (Å²) in [6, 6.07) is 8.37. The smallest absolute Gasteiger partial charge is 0.262 e. The Bertz CT molecular complexity index is 1090. The van der Waals surface area contributed by atoms with Crippen LogP contribution in [0.1, 0.15) is 57.8 Å². The number of piperazine rings is 1. The van der Waals surface area contributed by atoms with E-state index in [0.717, 1.165) is 63.4 Å². The van der Waals surface area contributed by atoms with Crippen molar-refractivity contribution >= 4 is 29.0 Å². The number of aromatic amines is 1. The number of hydrogen-bond acceptors (Lipinski definition) is 3. The zero-order chi connectivity index (χ0) is 22.8. The zero-order valence-electron chi connectivity index (χ0n) is 19.6. The average molecular weight is 470 g/mol. The molecule has 0 unspecified atom stereocenters. The van der Waals surface area contributed by atoms with Crippen molar-refractivity contribution in [3.63, 3.8) is 0 Å². The van der Waals surface area contributed by atoms with Gasteiger partial charge in [0.05, 0.1) is 43.1 Å². The van der Waals surface area contributed by atoms with Crippen LogP contribution >= 0.6 is 12.2 Å². The molecule has 3 aliphatic rings. The van der Waals surface area contributed by atoms with Crippen LogP contribution in [0, 0.1) is 16.6 Å². The number of hydrogen-bond donors (Lipinski definition) is 2. The van der Waals surface area contributed by atoms with Crippen LogP contribution in [0.4, 0.5) is 0 Å². The third-order valence-electron chi connectivity index (χ3n) is 8.43. The Morgan fingerprint density at radius 2 is 1.70 bits per heavy atom. The first-order valence-corrected chi connectivity index (χ1v) is 13.4. The number of carbonyl (C=O) groups excluding carboxylic acids is 1. The van der Waals surface area contributed by atoms with E-state index >= 15 is 0 Å². The van der Waals surface area contributed by atoms with Crippen molar-refractivity contribution in [2.75, 3.05) is 26.2 Å². The second kappa shape index (κ2) is 10.1. The van der Waals surface area contributed by atoms with Gasteiger partial charge >= 0.3 is 0 Å². The van der Waals surface area contributed by atoms with Gasteiger partial charge in [0.1, 0.15) is 0 Å². The summed E-state index contributed by atoms with van der Waals surface area (Å²) >= 11 is 5.49. The molecule has 2 heterocycles. The Morgan fingerprint density at radius 3 is 2.42 bits per heavy atom. The van der Waals surface area contributed by atoms with Gasteiger partial charge in [0.25, 0.3) is 5.56 Å². The molecule has 1 aliphatic heterocycles. The van der Waals surface area contributed by atoms with Gasteiger partial charge in [0.2, 0.25) is 5.91 Å². The lowest BCUT2D eigenvalue weighted by atomic mass is 9.81. The van der Waals surface area contributed by atoms with Crippen LogP contribution in [0.5, 0.6) is 0 Å². The summed E-state index contributed by atoms with van der Waals surface area (Å²) in [5.74, 6) is 0.923. The molecule has 178 valence electrons. The normalized spacial score (nSPS) is 25.4. The van der Waals surface area contributed by atoms with Crippen LogP contribution in [-0.2, 0) is 11.3 Å². The van der Waals surface area contributed by atoms with Crippen LogP contribution in [0.2, 0.25) is 0 Å². The number of fused-ring (bicyclic) bond motifs is 1. The van der Waals surface area contributed by atoms with Gasteiger partial charge in [-0.05, 0) is 81.6 Å². The van der Waals surface area contributed by atoms with E-state index in [-0.39, 0.29) is 11.5 Å². The number of H-pyrrole nitrogens is 1. The molecule has 1 aromatic carbocycles. The van der Waals surface area contributed by atoms with E-state index in [1.165, 1.54) is 32.1 Å². The van der Waals surface area contributed by atoms with Gasteiger partial charge in [-0.1, -0.05) is 18.6 Å². The van der Waals surface area contributed by atoms with Crippen LogP contribution in [0.3, 0.4) is 0 Å². The van der Waals surface area contributed by atoms with E-state index in [1.807, 2.05) is 24.3 Å². The number of nitrogens with zero attached hydrogens (tertiary/aromatic N) is 2. The fraction of sp³-hybridized carbons (Fsp3) is 0.654. The highest BCUT2D eigenvalue weighted by Gasteiger charge is 2.34. The van der Waals surface area contributed by atoms with Gasteiger partial charge in [0, 0.05) is 12.5 Å². The maximum atomic E-state index is 13.2. The SMILES string of the molecule is O=C(C1CCC(Cn2c(=S)[nH]c3ccccc3c2=O)CC1)N1CC[NH+](C2CCCCC2)CC1. The molecule has 0 radical (unpaired) electrons. The van der Waals surface area contributed by atoms with Gasteiger partial charge in [0.15, 0.2) is 4.77 Å². The molecule has 0 bridgehead atoms. The summed E-state index contributed by atoms with van der Waals surface area (Å²) in [7, 11) is 0. The van der Waals surface area contributed by atoms with Gasteiger partial charge in [-0.2, -0.15) is 0 Å². The largest absolute Gasteiger partial charge is 0.332 e. The summed E-state index contributed by atoms with van der Waals surface area (Å²) in [6.45, 7) is 4.73. The summed E-state index contributed by atoms with van der Waals surface area (Å²) in [4.78, 5) is 33.2. The van der Waals surface area contributed by atoms with E-state index < -0.39 is 0 Å². The van der Waals surface area contributed by atoms with Gasteiger partial charge in [-0.3, -0.25) is 14.2 Å². The first kappa shape index (κ1) is 22.8. The molecule has 1 aromatic heterocycles. The number of benzene rings is 1. The molecular formula is C26H37N4O2S+. The van der Waals surface area contributed by atoms with Crippen LogP contribution in [-0.4, -0.2) is 52.6 Å². The lowest BCUT2D eigenvalue weighted by Crippen LogP contribution is -3.18. The molecule has 0 spiro atoms. The highest BCUT2D eigenvalue weighted by molar-refractivity contribution is 7.71. The molecule has 1 saturated heterocycles. The predicted octanol–water partition coefficient (Wildman–Crippen LogP) is 2.93. The minimum atomic E-state index is -0.00844. The first-order valence-electron chi connectivity index (χ1n) is 13.0. The maximum absolute atomic E-state index is 13.2. The van der Waals surface area contributed by atoms with E-state index in [4.69, 9.17) is 12.2 Å². The van der Waals surface area contributed by atoms with Crippen molar-refractivity contribution in [1.29, 1.82) is 0 Å². The van der Waals surface area contributed by atoms with Crippen molar-refractivity contribution in [1.82, 2.24) is 14.5 Å². The molecule has 33 heavy (non-hydrogen) atoms. The lowest BCUT2D eigenvalue weighted by molar-refractivity contribution is -0.930. The number of quaternary nitrogens is 1. The number of rotatable bonds is 4. The summed E-state index contributed by atoms with van der Waals surface area (Å²) in [6.07, 6.45) is 10.7. The number of amides is 1. The Balaban J connectivity index is 1.14. The molecule has 5 rings (SSSR count). The molecule has 2 saturated carbocycles. The standard InChI is InChI=1S/C26H36N4O2S/c31-24(29-16-14-28(15-17-29)21-6-2-1-3-7-21)20-12-10-19(11-13-20)18-30-25(32)22-8-4-5-9-23(22)27-26(30)33/h4-5,8-9,19-21H,1-3,6-7,10-18H2,(H,27,33)/p+1. The molecule has 2 N–H and O–H groups in total. The van der Waals surface area contributed by atoms with E-state index in [0.29, 0.717) is 28.5 Å². The van der Waals surface area contributed by atoms with Crippen LogP contribution in [0.25, 0.3) is 10.9 Å². The summed E-state index contributed by atoms with van der Waals surface area (Å²) in [5.41, 5.74) is 0.786.